The van der Waals surface area contributed by atoms with E-state index in [4.69, 9.17) is 4.74 Å². The first kappa shape index (κ1) is 19.5. The molecular weight excluding hydrogens is 373 g/mol. The average molecular weight is 398 g/mol. The van der Waals surface area contributed by atoms with Gasteiger partial charge in [0.2, 0.25) is 0 Å². The van der Waals surface area contributed by atoms with Crippen LogP contribution in [0.3, 0.4) is 0 Å². The maximum absolute atomic E-state index is 13.0. The van der Waals surface area contributed by atoms with Crippen molar-refractivity contribution in [1.29, 1.82) is 0 Å². The number of thiazole rings is 1. The number of aromatic nitrogens is 1. The van der Waals surface area contributed by atoms with Crippen LogP contribution in [0, 0.1) is 11.2 Å². The lowest BCUT2D eigenvalue weighted by atomic mass is 9.93. The third-order valence-electron chi connectivity index (χ3n) is 5.47. The lowest BCUT2D eigenvalue weighted by molar-refractivity contribution is 0.162. The maximum atomic E-state index is 13.0. The van der Waals surface area contributed by atoms with E-state index in [0.717, 1.165) is 36.9 Å². The zero-order valence-electron chi connectivity index (χ0n) is 14.7. The van der Waals surface area contributed by atoms with Crippen molar-refractivity contribution in [2.24, 2.45) is 5.41 Å². The molecule has 4 rings (SSSR count). The summed E-state index contributed by atoms with van der Waals surface area (Å²) in [4.78, 5) is 6.99. The molecule has 0 bridgehead atoms. The van der Waals surface area contributed by atoms with Crippen LogP contribution in [0.1, 0.15) is 24.3 Å². The first-order valence-corrected chi connectivity index (χ1v) is 9.85. The molecule has 1 aliphatic carbocycles. The number of nitrogens with zero attached hydrogens (tertiary/aromatic N) is 2. The average Bonchev–Trinajstić information content (AvgIpc) is 3.06. The fourth-order valence-corrected chi connectivity index (χ4v) is 4.61. The molecule has 0 amide bonds. The Bertz CT molecular complexity index is 677. The number of rotatable bonds is 7. The fraction of sp³-hybridized carbons (Fsp3) is 0.526. The van der Waals surface area contributed by atoms with Crippen molar-refractivity contribution in [3.05, 3.63) is 46.7 Å². The summed E-state index contributed by atoms with van der Waals surface area (Å²) in [5.41, 5.74) is 0.498. The minimum Gasteiger partial charge on any atom is -0.492 e. The zero-order valence-corrected chi connectivity index (χ0v) is 16.3. The van der Waals surface area contributed by atoms with Crippen LogP contribution in [-0.4, -0.2) is 42.2 Å². The second-order valence-corrected chi connectivity index (χ2v) is 8.01. The highest BCUT2D eigenvalue weighted by Crippen LogP contribution is 2.55. The number of piperidine rings is 1. The van der Waals surface area contributed by atoms with Gasteiger partial charge in [0.15, 0.2) is 0 Å². The smallest absolute Gasteiger partial charge is 0.123 e. The van der Waals surface area contributed by atoms with E-state index in [1.54, 1.807) is 23.5 Å². The van der Waals surface area contributed by atoms with Gasteiger partial charge in [-0.2, -0.15) is 0 Å². The molecule has 4 nitrogen and oxygen atoms in total. The standard InChI is InChI=1S/C19H24FN3OS.ClH/c20-15-1-3-16(4-2-15)24-11-10-23(14-18-22-9-12-25-18)17-13-19(17)5-7-21-8-6-19;/h1-4,9,12,17,21H,5-8,10-11,13-14H2;1H. The molecule has 142 valence electrons. The Balaban J connectivity index is 0.00000196. The summed E-state index contributed by atoms with van der Waals surface area (Å²) < 4.78 is 18.8. The quantitative estimate of drug-likeness (QED) is 0.772. The van der Waals surface area contributed by atoms with Crippen LogP contribution >= 0.6 is 23.7 Å². The van der Waals surface area contributed by atoms with Crippen molar-refractivity contribution < 1.29 is 9.13 Å². The summed E-state index contributed by atoms with van der Waals surface area (Å²) in [6, 6.07) is 6.88. The van der Waals surface area contributed by atoms with Crippen molar-refractivity contribution >= 4 is 23.7 Å². The molecule has 26 heavy (non-hydrogen) atoms. The summed E-state index contributed by atoms with van der Waals surface area (Å²) in [7, 11) is 0. The molecule has 1 spiro atoms. The van der Waals surface area contributed by atoms with Crippen LogP contribution in [0.25, 0.3) is 0 Å². The Kier molecular flexibility index (Phi) is 6.51. The molecule has 2 aliphatic rings. The molecule has 7 heteroatoms. The predicted molar refractivity (Wildman–Crippen MR) is 105 cm³/mol. The molecule has 1 saturated carbocycles. The van der Waals surface area contributed by atoms with Crippen LogP contribution in [0.4, 0.5) is 4.39 Å². The fourth-order valence-electron chi connectivity index (χ4n) is 3.97. The normalized spacial score (nSPS) is 20.8. The molecule has 1 aromatic carbocycles. The summed E-state index contributed by atoms with van der Waals surface area (Å²) in [6.07, 6.45) is 5.70. The van der Waals surface area contributed by atoms with E-state index in [2.05, 4.69) is 15.2 Å². The SMILES string of the molecule is Cl.Fc1ccc(OCCN(Cc2nccs2)C2CC23CCNCC3)cc1. The van der Waals surface area contributed by atoms with E-state index in [1.807, 2.05) is 11.6 Å². The van der Waals surface area contributed by atoms with Crippen LogP contribution in [0.5, 0.6) is 5.75 Å². The van der Waals surface area contributed by atoms with Gasteiger partial charge in [0, 0.05) is 24.2 Å². The Labute approximate surface area is 164 Å². The van der Waals surface area contributed by atoms with Gasteiger partial charge in [-0.05, 0) is 62.0 Å². The molecule has 0 radical (unpaired) electrons. The van der Waals surface area contributed by atoms with Gasteiger partial charge >= 0.3 is 0 Å². The summed E-state index contributed by atoms with van der Waals surface area (Å²) in [5.74, 6) is 0.492. The predicted octanol–water partition coefficient (Wildman–Crippen LogP) is 3.73. The summed E-state index contributed by atoms with van der Waals surface area (Å²) in [6.45, 7) is 4.64. The topological polar surface area (TPSA) is 37.4 Å². The minimum absolute atomic E-state index is 0. The minimum atomic E-state index is -0.233. The van der Waals surface area contributed by atoms with Crippen molar-refractivity contribution in [3.63, 3.8) is 0 Å². The highest BCUT2D eigenvalue weighted by atomic mass is 35.5. The number of ether oxygens (including phenoxy) is 1. The Hall–Kier alpha value is -1.21. The summed E-state index contributed by atoms with van der Waals surface area (Å²) in [5, 5.41) is 6.67. The molecule has 1 unspecified atom stereocenters. The molecular formula is C19H25ClFN3OS. The zero-order chi connectivity index (χ0) is 17.1. The number of halogens is 2. The highest BCUT2D eigenvalue weighted by Gasteiger charge is 2.56. The van der Waals surface area contributed by atoms with Gasteiger partial charge < -0.3 is 10.1 Å². The molecule has 1 saturated heterocycles. The van der Waals surface area contributed by atoms with Crippen molar-refractivity contribution in [1.82, 2.24) is 15.2 Å². The van der Waals surface area contributed by atoms with Crippen LogP contribution in [0.15, 0.2) is 35.8 Å². The van der Waals surface area contributed by atoms with Crippen molar-refractivity contribution in [2.45, 2.75) is 31.8 Å². The lowest BCUT2D eigenvalue weighted by Gasteiger charge is -2.29. The van der Waals surface area contributed by atoms with Gasteiger partial charge in [0.25, 0.3) is 0 Å². The highest BCUT2D eigenvalue weighted by molar-refractivity contribution is 7.09. The Morgan fingerprint density at radius 1 is 1.27 bits per heavy atom. The van der Waals surface area contributed by atoms with E-state index < -0.39 is 0 Å². The molecule has 1 aromatic heterocycles. The van der Waals surface area contributed by atoms with Gasteiger partial charge in [-0.25, -0.2) is 9.37 Å². The largest absolute Gasteiger partial charge is 0.492 e. The molecule has 2 fully saturated rings. The van der Waals surface area contributed by atoms with E-state index in [1.165, 1.54) is 31.4 Å². The van der Waals surface area contributed by atoms with Crippen molar-refractivity contribution in [3.8, 4) is 5.75 Å². The summed E-state index contributed by atoms with van der Waals surface area (Å²) >= 11 is 1.72. The van der Waals surface area contributed by atoms with Crippen LogP contribution < -0.4 is 10.1 Å². The number of hydrogen-bond acceptors (Lipinski definition) is 5. The monoisotopic (exact) mass is 397 g/mol. The van der Waals surface area contributed by atoms with Gasteiger partial charge in [-0.15, -0.1) is 23.7 Å². The molecule has 1 N–H and O–H groups in total. The van der Waals surface area contributed by atoms with Gasteiger partial charge in [0.05, 0.1) is 6.54 Å². The van der Waals surface area contributed by atoms with E-state index in [-0.39, 0.29) is 18.2 Å². The van der Waals surface area contributed by atoms with Gasteiger partial charge in [-0.3, -0.25) is 4.90 Å². The lowest BCUT2D eigenvalue weighted by Crippen LogP contribution is -2.37. The second-order valence-electron chi connectivity index (χ2n) is 7.03. The number of nitrogens with one attached hydrogen (secondary N) is 1. The first-order valence-electron chi connectivity index (χ1n) is 8.97. The van der Waals surface area contributed by atoms with Crippen LogP contribution in [0.2, 0.25) is 0 Å². The first-order chi connectivity index (χ1) is 12.3. The maximum Gasteiger partial charge on any atom is 0.123 e. The van der Waals surface area contributed by atoms with Crippen molar-refractivity contribution in [2.75, 3.05) is 26.2 Å². The number of benzene rings is 1. The van der Waals surface area contributed by atoms with E-state index in [9.17, 15) is 4.39 Å². The molecule has 1 atom stereocenters. The molecule has 1 aliphatic heterocycles. The molecule has 2 heterocycles. The third-order valence-corrected chi connectivity index (χ3v) is 6.23. The Morgan fingerprint density at radius 2 is 2.04 bits per heavy atom. The second kappa shape index (κ2) is 8.65. The van der Waals surface area contributed by atoms with E-state index >= 15 is 0 Å². The number of hydrogen-bond donors (Lipinski definition) is 1. The molecule has 2 aromatic rings. The van der Waals surface area contributed by atoms with Crippen LogP contribution in [-0.2, 0) is 6.54 Å². The van der Waals surface area contributed by atoms with Gasteiger partial charge in [0.1, 0.15) is 23.2 Å². The third kappa shape index (κ3) is 4.55. The van der Waals surface area contributed by atoms with Gasteiger partial charge in [-0.1, -0.05) is 0 Å². The Morgan fingerprint density at radius 3 is 2.73 bits per heavy atom. The van der Waals surface area contributed by atoms with E-state index in [0.29, 0.717) is 18.1 Å².